The van der Waals surface area contributed by atoms with Crippen molar-refractivity contribution in [2.24, 2.45) is 0 Å². The summed E-state index contributed by atoms with van der Waals surface area (Å²) in [6, 6.07) is 6.66. The third-order valence-corrected chi connectivity index (χ3v) is 3.66. The van der Waals surface area contributed by atoms with Gasteiger partial charge < -0.3 is 5.73 Å². The number of benzene rings is 1. The molecule has 0 atom stereocenters. The number of rotatable bonds is 3. The van der Waals surface area contributed by atoms with Gasteiger partial charge in [-0.05, 0) is 25.1 Å². The lowest BCUT2D eigenvalue weighted by Gasteiger charge is -2.02. The van der Waals surface area contributed by atoms with Gasteiger partial charge in [0.25, 0.3) is 5.91 Å². The van der Waals surface area contributed by atoms with Crippen molar-refractivity contribution in [1.29, 1.82) is 0 Å². The van der Waals surface area contributed by atoms with E-state index in [0.717, 1.165) is 0 Å². The van der Waals surface area contributed by atoms with Gasteiger partial charge in [0.1, 0.15) is 0 Å². The lowest BCUT2D eigenvalue weighted by molar-refractivity contribution is 0.101. The molecule has 1 heterocycles. The van der Waals surface area contributed by atoms with E-state index >= 15 is 0 Å². The summed E-state index contributed by atoms with van der Waals surface area (Å²) >= 11 is 1.17. The molecule has 1 aromatic carbocycles. The number of aromatic nitrogens is 1. The van der Waals surface area contributed by atoms with E-state index in [1.165, 1.54) is 18.3 Å². The Morgan fingerprint density at radius 3 is 2.68 bits per heavy atom. The highest BCUT2D eigenvalue weighted by Gasteiger charge is 2.14. The summed E-state index contributed by atoms with van der Waals surface area (Å²) in [5.74, 6) is -0.351. The fraction of sp³-hybridized carbons (Fsp3) is 0.154. The number of hydrogen-bond acceptors (Lipinski definition) is 5. The van der Waals surface area contributed by atoms with E-state index in [2.05, 4.69) is 10.3 Å². The van der Waals surface area contributed by atoms with Gasteiger partial charge in [0.15, 0.2) is 10.9 Å². The number of aryl methyl sites for hydroxylation is 1. The molecule has 2 aromatic rings. The van der Waals surface area contributed by atoms with Crippen LogP contribution in [0.5, 0.6) is 0 Å². The lowest BCUT2D eigenvalue weighted by atomic mass is 10.2. The highest BCUT2D eigenvalue weighted by Crippen LogP contribution is 2.23. The summed E-state index contributed by atoms with van der Waals surface area (Å²) in [4.78, 5) is 28.0. The predicted octanol–water partition coefficient (Wildman–Crippen LogP) is 2.49. The van der Waals surface area contributed by atoms with E-state index in [0.29, 0.717) is 27.0 Å². The SMILES string of the molecule is CC(=O)c1sc(NC(=O)c2cccc(N)c2)nc1C. The van der Waals surface area contributed by atoms with Gasteiger partial charge in [-0.3, -0.25) is 14.9 Å². The first-order valence-electron chi connectivity index (χ1n) is 5.62. The second-order valence-electron chi connectivity index (χ2n) is 4.07. The Morgan fingerprint density at radius 1 is 1.37 bits per heavy atom. The molecule has 0 aliphatic rings. The molecule has 0 radical (unpaired) electrons. The minimum Gasteiger partial charge on any atom is -0.399 e. The van der Waals surface area contributed by atoms with Crippen molar-refractivity contribution < 1.29 is 9.59 Å². The standard InChI is InChI=1S/C13H13N3O2S/c1-7-11(8(2)17)19-13(15-7)16-12(18)9-4-3-5-10(14)6-9/h3-6H,14H2,1-2H3,(H,15,16,18). The number of carbonyl (C=O) groups excluding carboxylic acids is 2. The van der Waals surface area contributed by atoms with Gasteiger partial charge in [0, 0.05) is 18.2 Å². The van der Waals surface area contributed by atoms with Crippen molar-refractivity contribution in [3.63, 3.8) is 0 Å². The number of nitrogens with one attached hydrogen (secondary N) is 1. The maximum atomic E-state index is 12.0. The van der Waals surface area contributed by atoms with Crippen molar-refractivity contribution in [2.45, 2.75) is 13.8 Å². The number of Topliss-reactive ketones (excluding diaryl/α,β-unsaturated/α-hetero) is 1. The summed E-state index contributed by atoms with van der Waals surface area (Å²) in [6.45, 7) is 3.22. The molecular formula is C13H13N3O2S. The molecular weight excluding hydrogens is 262 g/mol. The van der Waals surface area contributed by atoms with Crippen LogP contribution in [-0.4, -0.2) is 16.7 Å². The molecule has 19 heavy (non-hydrogen) atoms. The molecule has 2 rings (SSSR count). The molecule has 0 bridgehead atoms. The molecule has 0 aliphatic heterocycles. The zero-order valence-electron chi connectivity index (χ0n) is 10.6. The van der Waals surface area contributed by atoms with Gasteiger partial charge in [-0.15, -0.1) is 0 Å². The molecule has 6 heteroatoms. The first-order chi connectivity index (χ1) is 8.97. The normalized spacial score (nSPS) is 10.2. The highest BCUT2D eigenvalue weighted by atomic mass is 32.1. The molecule has 1 aromatic heterocycles. The molecule has 0 fully saturated rings. The molecule has 0 spiro atoms. The Labute approximate surface area is 114 Å². The van der Waals surface area contributed by atoms with Crippen LogP contribution < -0.4 is 11.1 Å². The quantitative estimate of drug-likeness (QED) is 0.665. The average molecular weight is 275 g/mol. The van der Waals surface area contributed by atoms with E-state index in [1.807, 2.05) is 0 Å². The topological polar surface area (TPSA) is 85.1 Å². The second kappa shape index (κ2) is 5.19. The number of ketones is 1. The summed E-state index contributed by atoms with van der Waals surface area (Å²) in [5.41, 5.74) is 7.22. The van der Waals surface area contributed by atoms with Gasteiger partial charge >= 0.3 is 0 Å². The summed E-state index contributed by atoms with van der Waals surface area (Å²) < 4.78 is 0. The molecule has 3 N–H and O–H groups in total. The lowest BCUT2D eigenvalue weighted by Crippen LogP contribution is -2.11. The van der Waals surface area contributed by atoms with Crippen LogP contribution in [0.3, 0.4) is 0 Å². The van der Waals surface area contributed by atoms with Gasteiger partial charge in [0.05, 0.1) is 10.6 Å². The Bertz CT molecular complexity index is 649. The van der Waals surface area contributed by atoms with E-state index in [-0.39, 0.29) is 11.7 Å². The third kappa shape index (κ3) is 2.97. The number of thiazole rings is 1. The molecule has 98 valence electrons. The zero-order valence-corrected chi connectivity index (χ0v) is 11.4. The third-order valence-electron chi connectivity index (χ3n) is 2.49. The Kier molecular flexibility index (Phi) is 3.62. The number of nitrogens with zero attached hydrogens (tertiary/aromatic N) is 1. The summed E-state index contributed by atoms with van der Waals surface area (Å²) in [5, 5.41) is 3.07. The van der Waals surface area contributed by atoms with Gasteiger partial charge in [-0.1, -0.05) is 17.4 Å². The van der Waals surface area contributed by atoms with Gasteiger partial charge in [0.2, 0.25) is 0 Å². The van der Waals surface area contributed by atoms with Crippen LogP contribution in [0.4, 0.5) is 10.8 Å². The van der Waals surface area contributed by atoms with E-state index in [4.69, 9.17) is 5.73 Å². The Balaban J connectivity index is 2.20. The van der Waals surface area contributed by atoms with Gasteiger partial charge in [-0.25, -0.2) is 4.98 Å². The summed E-state index contributed by atoms with van der Waals surface area (Å²) in [7, 11) is 0. The minimum atomic E-state index is -0.295. The van der Waals surface area contributed by atoms with Crippen molar-refractivity contribution >= 4 is 33.8 Å². The fourth-order valence-corrected chi connectivity index (χ4v) is 2.48. The molecule has 0 aliphatic carbocycles. The van der Waals surface area contributed by atoms with Crippen molar-refractivity contribution in [2.75, 3.05) is 11.1 Å². The maximum Gasteiger partial charge on any atom is 0.257 e. The van der Waals surface area contributed by atoms with Crippen molar-refractivity contribution in [1.82, 2.24) is 4.98 Å². The summed E-state index contributed by atoms with van der Waals surface area (Å²) in [6.07, 6.45) is 0. The second-order valence-corrected chi connectivity index (χ2v) is 5.07. The van der Waals surface area contributed by atoms with E-state index in [1.54, 1.807) is 31.2 Å². The Hall–Kier alpha value is -2.21. The number of anilines is 2. The van der Waals surface area contributed by atoms with Gasteiger partial charge in [-0.2, -0.15) is 0 Å². The number of carbonyl (C=O) groups is 2. The molecule has 1 amide bonds. The highest BCUT2D eigenvalue weighted by molar-refractivity contribution is 7.17. The number of hydrogen-bond donors (Lipinski definition) is 2. The molecule has 0 saturated heterocycles. The van der Waals surface area contributed by atoms with E-state index < -0.39 is 0 Å². The van der Waals surface area contributed by atoms with Crippen LogP contribution in [0.25, 0.3) is 0 Å². The average Bonchev–Trinajstić information content (AvgIpc) is 2.70. The van der Waals surface area contributed by atoms with Crippen LogP contribution in [-0.2, 0) is 0 Å². The minimum absolute atomic E-state index is 0.0561. The van der Waals surface area contributed by atoms with E-state index in [9.17, 15) is 9.59 Å². The largest absolute Gasteiger partial charge is 0.399 e. The van der Waals surface area contributed by atoms with Crippen LogP contribution in [0.1, 0.15) is 32.6 Å². The smallest absolute Gasteiger partial charge is 0.257 e. The number of amides is 1. The number of nitrogen functional groups attached to an aromatic ring is 1. The molecule has 5 nitrogen and oxygen atoms in total. The first kappa shape index (κ1) is 13.2. The predicted molar refractivity (Wildman–Crippen MR) is 75.7 cm³/mol. The fourth-order valence-electron chi connectivity index (χ4n) is 1.63. The van der Waals surface area contributed by atoms with Crippen LogP contribution in [0, 0.1) is 6.92 Å². The molecule has 0 unspecified atom stereocenters. The number of nitrogens with two attached hydrogens (primary N) is 1. The monoisotopic (exact) mass is 275 g/mol. The van der Waals surface area contributed by atoms with Crippen LogP contribution >= 0.6 is 11.3 Å². The van der Waals surface area contributed by atoms with Crippen molar-refractivity contribution in [3.05, 3.63) is 40.4 Å². The first-order valence-corrected chi connectivity index (χ1v) is 6.44. The Morgan fingerprint density at radius 2 is 2.11 bits per heavy atom. The van der Waals surface area contributed by atoms with Crippen LogP contribution in [0.15, 0.2) is 24.3 Å². The van der Waals surface area contributed by atoms with Crippen LogP contribution in [0.2, 0.25) is 0 Å². The van der Waals surface area contributed by atoms with Crippen molar-refractivity contribution in [3.8, 4) is 0 Å². The molecule has 0 saturated carbocycles. The zero-order chi connectivity index (χ0) is 14.0. The maximum absolute atomic E-state index is 12.0.